The SMILES string of the molecule is O=Cc1ccc(CCS(=O)(=O)c2ccccc2)cc1. The summed E-state index contributed by atoms with van der Waals surface area (Å²) in [6.07, 6.45) is 1.21. The van der Waals surface area contributed by atoms with Crippen molar-refractivity contribution in [1.82, 2.24) is 0 Å². The van der Waals surface area contributed by atoms with Gasteiger partial charge in [-0.3, -0.25) is 4.79 Å². The summed E-state index contributed by atoms with van der Waals surface area (Å²) in [6.45, 7) is 0. The molecule has 19 heavy (non-hydrogen) atoms. The molecule has 0 saturated carbocycles. The molecule has 98 valence electrons. The third-order valence-electron chi connectivity index (χ3n) is 2.88. The van der Waals surface area contributed by atoms with Crippen LogP contribution in [0.4, 0.5) is 0 Å². The van der Waals surface area contributed by atoms with Crippen LogP contribution in [0.15, 0.2) is 59.5 Å². The largest absolute Gasteiger partial charge is 0.298 e. The molecule has 0 heterocycles. The molecule has 2 aromatic carbocycles. The molecule has 0 aromatic heterocycles. The van der Waals surface area contributed by atoms with Crippen LogP contribution in [-0.2, 0) is 16.3 Å². The quantitative estimate of drug-likeness (QED) is 0.787. The van der Waals surface area contributed by atoms with Gasteiger partial charge in [0.05, 0.1) is 10.6 Å². The molecule has 0 unspecified atom stereocenters. The highest BCUT2D eigenvalue weighted by Gasteiger charge is 2.13. The van der Waals surface area contributed by atoms with Crippen molar-refractivity contribution in [2.75, 3.05) is 5.75 Å². The summed E-state index contributed by atoms with van der Waals surface area (Å²) in [5.74, 6) is 0.0669. The lowest BCUT2D eigenvalue weighted by Crippen LogP contribution is -2.09. The fourth-order valence-electron chi connectivity index (χ4n) is 1.76. The number of aldehydes is 1. The minimum atomic E-state index is -3.24. The van der Waals surface area contributed by atoms with Gasteiger partial charge in [0.25, 0.3) is 0 Å². The summed E-state index contributed by atoms with van der Waals surface area (Å²) < 4.78 is 24.1. The van der Waals surface area contributed by atoms with Gasteiger partial charge in [0, 0.05) is 5.56 Å². The Morgan fingerprint density at radius 2 is 1.53 bits per heavy atom. The number of carbonyl (C=O) groups is 1. The molecule has 0 aliphatic heterocycles. The van der Waals surface area contributed by atoms with Crippen LogP contribution in [0.3, 0.4) is 0 Å². The van der Waals surface area contributed by atoms with E-state index in [-0.39, 0.29) is 5.75 Å². The zero-order valence-electron chi connectivity index (χ0n) is 10.3. The second-order valence-electron chi connectivity index (χ2n) is 4.24. The Morgan fingerprint density at radius 3 is 2.11 bits per heavy atom. The van der Waals surface area contributed by atoms with Crippen molar-refractivity contribution in [3.63, 3.8) is 0 Å². The number of hydrogen-bond donors (Lipinski definition) is 0. The van der Waals surface area contributed by atoms with Gasteiger partial charge in [0.15, 0.2) is 9.84 Å². The molecule has 0 atom stereocenters. The van der Waals surface area contributed by atoms with Crippen molar-refractivity contribution >= 4 is 16.1 Å². The van der Waals surface area contributed by atoms with E-state index in [2.05, 4.69) is 0 Å². The summed E-state index contributed by atoms with van der Waals surface area (Å²) in [4.78, 5) is 10.9. The van der Waals surface area contributed by atoms with Crippen LogP contribution < -0.4 is 0 Å². The summed E-state index contributed by atoms with van der Waals surface area (Å²) in [5.41, 5.74) is 1.50. The van der Waals surface area contributed by atoms with Crippen molar-refractivity contribution in [2.45, 2.75) is 11.3 Å². The summed E-state index contributed by atoms with van der Waals surface area (Å²) >= 11 is 0. The molecule has 0 aliphatic rings. The minimum Gasteiger partial charge on any atom is -0.298 e. The first-order chi connectivity index (χ1) is 9.12. The maximum atomic E-state index is 12.1. The maximum Gasteiger partial charge on any atom is 0.178 e. The molecule has 3 nitrogen and oxygen atoms in total. The van der Waals surface area contributed by atoms with Crippen LogP contribution in [0.5, 0.6) is 0 Å². The second kappa shape index (κ2) is 5.80. The van der Waals surface area contributed by atoms with Crippen molar-refractivity contribution < 1.29 is 13.2 Å². The predicted octanol–water partition coefficient (Wildman–Crippen LogP) is 2.52. The van der Waals surface area contributed by atoms with Crippen LogP contribution in [0, 0.1) is 0 Å². The number of carbonyl (C=O) groups excluding carboxylic acids is 1. The summed E-state index contributed by atoms with van der Waals surface area (Å²) in [5, 5.41) is 0. The van der Waals surface area contributed by atoms with E-state index in [1.807, 2.05) is 0 Å². The zero-order valence-corrected chi connectivity index (χ0v) is 11.1. The van der Waals surface area contributed by atoms with E-state index in [4.69, 9.17) is 0 Å². The Kier molecular flexibility index (Phi) is 4.12. The molecule has 0 spiro atoms. The van der Waals surface area contributed by atoms with Crippen LogP contribution in [0.25, 0.3) is 0 Å². The third kappa shape index (κ3) is 3.51. The van der Waals surface area contributed by atoms with Gasteiger partial charge in [-0.15, -0.1) is 0 Å². The van der Waals surface area contributed by atoms with Gasteiger partial charge >= 0.3 is 0 Å². The third-order valence-corrected chi connectivity index (χ3v) is 4.61. The van der Waals surface area contributed by atoms with Crippen LogP contribution >= 0.6 is 0 Å². The van der Waals surface area contributed by atoms with Gasteiger partial charge in [0.1, 0.15) is 6.29 Å². The minimum absolute atomic E-state index is 0.0669. The average molecular weight is 274 g/mol. The molecular weight excluding hydrogens is 260 g/mol. The van der Waals surface area contributed by atoms with Crippen molar-refractivity contribution in [3.8, 4) is 0 Å². The standard InChI is InChI=1S/C15H14O3S/c16-12-14-8-6-13(7-9-14)10-11-19(17,18)15-4-2-1-3-5-15/h1-9,12H,10-11H2. The number of benzene rings is 2. The van der Waals surface area contributed by atoms with E-state index in [0.29, 0.717) is 16.9 Å². The molecular formula is C15H14O3S. The number of rotatable bonds is 5. The zero-order chi connectivity index (χ0) is 13.7. The Morgan fingerprint density at radius 1 is 0.895 bits per heavy atom. The molecule has 0 saturated heterocycles. The highest BCUT2D eigenvalue weighted by atomic mass is 32.2. The van der Waals surface area contributed by atoms with E-state index in [0.717, 1.165) is 11.8 Å². The maximum absolute atomic E-state index is 12.1. The number of aryl methyl sites for hydroxylation is 1. The monoisotopic (exact) mass is 274 g/mol. The van der Waals surface area contributed by atoms with Gasteiger partial charge in [-0.05, 0) is 24.1 Å². The lowest BCUT2D eigenvalue weighted by molar-refractivity contribution is 0.112. The summed E-state index contributed by atoms with van der Waals surface area (Å²) in [6, 6.07) is 15.4. The van der Waals surface area contributed by atoms with Gasteiger partial charge in [-0.25, -0.2) is 8.42 Å². The average Bonchev–Trinajstić information content (AvgIpc) is 2.47. The lowest BCUT2D eigenvalue weighted by Gasteiger charge is -2.04. The second-order valence-corrected chi connectivity index (χ2v) is 6.35. The molecule has 2 aromatic rings. The Labute approximate surface area is 112 Å². The highest BCUT2D eigenvalue weighted by Crippen LogP contribution is 2.12. The first kappa shape index (κ1) is 13.5. The molecule has 4 heteroatoms. The molecule has 0 bridgehead atoms. The van der Waals surface area contributed by atoms with Gasteiger partial charge < -0.3 is 0 Å². The van der Waals surface area contributed by atoms with E-state index in [1.165, 1.54) is 0 Å². The predicted molar refractivity (Wildman–Crippen MR) is 74.0 cm³/mol. The Balaban J connectivity index is 2.07. The molecule has 0 N–H and O–H groups in total. The molecule has 0 amide bonds. The van der Waals surface area contributed by atoms with Crippen molar-refractivity contribution in [2.24, 2.45) is 0 Å². The summed E-state index contributed by atoms with van der Waals surface area (Å²) in [7, 11) is -3.24. The Bertz CT molecular complexity index is 644. The number of hydrogen-bond acceptors (Lipinski definition) is 3. The van der Waals surface area contributed by atoms with Crippen molar-refractivity contribution in [1.29, 1.82) is 0 Å². The topological polar surface area (TPSA) is 51.2 Å². The fourth-order valence-corrected chi connectivity index (χ4v) is 3.07. The molecule has 0 radical (unpaired) electrons. The smallest absolute Gasteiger partial charge is 0.178 e. The Hall–Kier alpha value is -1.94. The van der Waals surface area contributed by atoms with Crippen LogP contribution in [0.2, 0.25) is 0 Å². The van der Waals surface area contributed by atoms with Gasteiger partial charge in [-0.2, -0.15) is 0 Å². The first-order valence-electron chi connectivity index (χ1n) is 5.94. The fraction of sp³-hybridized carbons (Fsp3) is 0.133. The van der Waals surface area contributed by atoms with E-state index in [1.54, 1.807) is 54.6 Å². The molecule has 2 rings (SSSR count). The van der Waals surface area contributed by atoms with Crippen molar-refractivity contribution in [3.05, 3.63) is 65.7 Å². The van der Waals surface area contributed by atoms with Gasteiger partial charge in [0.2, 0.25) is 0 Å². The molecule has 0 fully saturated rings. The normalized spacial score (nSPS) is 11.2. The number of sulfone groups is 1. The molecule has 0 aliphatic carbocycles. The van der Waals surface area contributed by atoms with E-state index < -0.39 is 9.84 Å². The van der Waals surface area contributed by atoms with Crippen LogP contribution in [0.1, 0.15) is 15.9 Å². The van der Waals surface area contributed by atoms with E-state index in [9.17, 15) is 13.2 Å². The highest BCUT2D eigenvalue weighted by molar-refractivity contribution is 7.91. The van der Waals surface area contributed by atoms with Crippen LogP contribution in [-0.4, -0.2) is 20.5 Å². The van der Waals surface area contributed by atoms with Gasteiger partial charge in [-0.1, -0.05) is 42.5 Å². The first-order valence-corrected chi connectivity index (χ1v) is 7.59. The van der Waals surface area contributed by atoms with E-state index >= 15 is 0 Å². The lowest BCUT2D eigenvalue weighted by atomic mass is 10.1.